The molecule has 3 rings (SSSR count). The highest BCUT2D eigenvalue weighted by atomic mass is 16.1. The molecule has 0 radical (unpaired) electrons. The van der Waals surface area contributed by atoms with Crippen molar-refractivity contribution in [2.75, 3.05) is 0 Å². The van der Waals surface area contributed by atoms with E-state index in [1.54, 1.807) is 17.0 Å². The summed E-state index contributed by atoms with van der Waals surface area (Å²) in [7, 11) is 1.93. The van der Waals surface area contributed by atoms with Crippen molar-refractivity contribution in [1.29, 1.82) is 0 Å². The average Bonchev–Trinajstić information content (AvgIpc) is 2.74. The van der Waals surface area contributed by atoms with Gasteiger partial charge in [-0.25, -0.2) is 0 Å². The fourth-order valence-electron chi connectivity index (χ4n) is 2.08. The fraction of sp³-hybridized carbons (Fsp3) is 0.143. The lowest BCUT2D eigenvalue weighted by molar-refractivity contribution is 0.954. The maximum Gasteiger partial charge on any atom is 0.264 e. The number of aryl methyl sites for hydroxylation is 2. The summed E-state index contributed by atoms with van der Waals surface area (Å²) in [4.78, 5) is 16.6. The molecule has 90 valence electrons. The summed E-state index contributed by atoms with van der Waals surface area (Å²) >= 11 is 0. The Balaban J connectivity index is 2.27. The highest BCUT2D eigenvalue weighted by Crippen LogP contribution is 2.12. The molecule has 3 aromatic rings. The lowest BCUT2D eigenvalue weighted by Crippen LogP contribution is -2.17. The maximum atomic E-state index is 12.3. The van der Waals surface area contributed by atoms with E-state index in [1.165, 1.54) is 0 Å². The van der Waals surface area contributed by atoms with Gasteiger partial charge in [-0.2, -0.15) is 0 Å². The highest BCUT2D eigenvalue weighted by molar-refractivity contribution is 5.79. The van der Waals surface area contributed by atoms with Gasteiger partial charge >= 0.3 is 0 Å². The third-order valence-corrected chi connectivity index (χ3v) is 3.13. The molecule has 0 fully saturated rings. The van der Waals surface area contributed by atoms with Gasteiger partial charge in [-0.15, -0.1) is 0 Å². The second kappa shape index (κ2) is 3.84. The summed E-state index contributed by atoms with van der Waals surface area (Å²) in [6.07, 6.45) is 5.40. The van der Waals surface area contributed by atoms with E-state index < -0.39 is 0 Å². The molecule has 18 heavy (non-hydrogen) atoms. The molecule has 3 heterocycles. The summed E-state index contributed by atoms with van der Waals surface area (Å²) in [5, 5.41) is 0.723. The van der Waals surface area contributed by atoms with Crippen molar-refractivity contribution >= 4 is 10.9 Å². The van der Waals surface area contributed by atoms with E-state index >= 15 is 0 Å². The number of fused-ring (bicyclic) bond motifs is 1. The monoisotopic (exact) mass is 239 g/mol. The lowest BCUT2D eigenvalue weighted by atomic mass is 10.3. The first-order chi connectivity index (χ1) is 8.66. The summed E-state index contributed by atoms with van der Waals surface area (Å²) in [6, 6.07) is 7.59. The smallest absolute Gasteiger partial charge is 0.264 e. The molecular formula is C14H13N3O. The van der Waals surface area contributed by atoms with Crippen molar-refractivity contribution in [3.8, 4) is 5.69 Å². The summed E-state index contributed by atoms with van der Waals surface area (Å²) in [6.45, 7) is 1.92. The Morgan fingerprint density at radius 3 is 2.67 bits per heavy atom. The third-order valence-electron chi connectivity index (χ3n) is 3.13. The van der Waals surface area contributed by atoms with Crippen LogP contribution >= 0.6 is 0 Å². The van der Waals surface area contributed by atoms with E-state index in [2.05, 4.69) is 4.98 Å². The predicted octanol–water partition coefficient (Wildman–Crippen LogP) is 2.03. The van der Waals surface area contributed by atoms with Gasteiger partial charge in [-0.1, -0.05) is 0 Å². The van der Waals surface area contributed by atoms with Crippen molar-refractivity contribution in [2.45, 2.75) is 6.92 Å². The first-order valence-electron chi connectivity index (χ1n) is 5.76. The number of rotatable bonds is 1. The zero-order valence-electron chi connectivity index (χ0n) is 10.3. The average molecular weight is 239 g/mol. The minimum atomic E-state index is -0.0150. The van der Waals surface area contributed by atoms with Gasteiger partial charge in [-0.05, 0) is 31.2 Å². The van der Waals surface area contributed by atoms with Crippen LogP contribution < -0.4 is 5.56 Å². The molecular weight excluding hydrogens is 226 g/mol. The minimum absolute atomic E-state index is 0.0150. The Morgan fingerprint density at radius 1 is 1.11 bits per heavy atom. The Morgan fingerprint density at radius 2 is 1.94 bits per heavy atom. The Kier molecular flexibility index (Phi) is 2.30. The van der Waals surface area contributed by atoms with Crippen LogP contribution in [0.4, 0.5) is 0 Å². The molecule has 0 amide bonds. The number of hydrogen-bond acceptors (Lipinski definition) is 2. The standard InChI is InChI=1S/C14H13N3O/c1-10-3-4-11(9-15-10)17-8-6-13-12(14(17)18)5-7-16(13)2/h3-9H,1-2H3. The predicted molar refractivity (Wildman–Crippen MR) is 71.0 cm³/mol. The molecule has 0 aliphatic carbocycles. The largest absolute Gasteiger partial charge is 0.350 e. The second-order valence-corrected chi connectivity index (χ2v) is 4.37. The van der Waals surface area contributed by atoms with Gasteiger partial charge < -0.3 is 4.57 Å². The van der Waals surface area contributed by atoms with Crippen LogP contribution in [0.25, 0.3) is 16.6 Å². The van der Waals surface area contributed by atoms with E-state index in [1.807, 2.05) is 49.0 Å². The van der Waals surface area contributed by atoms with E-state index in [-0.39, 0.29) is 5.56 Å². The first-order valence-corrected chi connectivity index (χ1v) is 5.76. The molecule has 0 N–H and O–H groups in total. The minimum Gasteiger partial charge on any atom is -0.350 e. The van der Waals surface area contributed by atoms with E-state index in [9.17, 15) is 4.79 Å². The lowest BCUT2D eigenvalue weighted by Gasteiger charge is -2.06. The van der Waals surface area contributed by atoms with Gasteiger partial charge in [0, 0.05) is 25.1 Å². The molecule has 0 aromatic carbocycles. The van der Waals surface area contributed by atoms with Crippen molar-refractivity contribution < 1.29 is 0 Å². The molecule has 0 bridgehead atoms. The second-order valence-electron chi connectivity index (χ2n) is 4.37. The van der Waals surface area contributed by atoms with E-state index in [4.69, 9.17) is 0 Å². The van der Waals surface area contributed by atoms with Gasteiger partial charge in [0.2, 0.25) is 0 Å². The summed E-state index contributed by atoms with van der Waals surface area (Å²) < 4.78 is 3.56. The molecule has 0 spiro atoms. The van der Waals surface area contributed by atoms with Crippen LogP contribution in [0, 0.1) is 6.92 Å². The summed E-state index contributed by atoms with van der Waals surface area (Å²) in [5.74, 6) is 0. The zero-order chi connectivity index (χ0) is 12.7. The van der Waals surface area contributed by atoms with Gasteiger partial charge in [0.1, 0.15) is 0 Å². The first kappa shape index (κ1) is 10.8. The topological polar surface area (TPSA) is 39.8 Å². The van der Waals surface area contributed by atoms with Crippen LogP contribution in [-0.4, -0.2) is 14.1 Å². The number of nitrogens with zero attached hydrogens (tertiary/aromatic N) is 3. The van der Waals surface area contributed by atoms with Crippen LogP contribution in [0.1, 0.15) is 5.69 Å². The molecule has 0 unspecified atom stereocenters. The number of hydrogen-bond donors (Lipinski definition) is 0. The van der Waals surface area contributed by atoms with Crippen LogP contribution in [-0.2, 0) is 7.05 Å². The Labute approximate surface area is 104 Å². The van der Waals surface area contributed by atoms with Gasteiger partial charge in [0.05, 0.1) is 22.8 Å². The van der Waals surface area contributed by atoms with Gasteiger partial charge in [0.15, 0.2) is 0 Å². The zero-order valence-corrected chi connectivity index (χ0v) is 10.3. The normalized spacial score (nSPS) is 11.0. The number of aromatic nitrogens is 3. The van der Waals surface area contributed by atoms with Crippen molar-refractivity contribution in [3.63, 3.8) is 0 Å². The fourth-order valence-corrected chi connectivity index (χ4v) is 2.08. The number of pyridine rings is 2. The van der Waals surface area contributed by atoms with Gasteiger partial charge in [0.25, 0.3) is 5.56 Å². The molecule has 0 aliphatic rings. The van der Waals surface area contributed by atoms with Crippen LogP contribution in [0.15, 0.2) is 47.7 Å². The highest BCUT2D eigenvalue weighted by Gasteiger charge is 2.06. The van der Waals surface area contributed by atoms with E-state index in [0.29, 0.717) is 0 Å². The molecule has 4 nitrogen and oxygen atoms in total. The molecule has 0 aliphatic heterocycles. The Hall–Kier alpha value is -2.36. The Bertz CT molecular complexity index is 766. The van der Waals surface area contributed by atoms with Crippen LogP contribution in [0.2, 0.25) is 0 Å². The van der Waals surface area contributed by atoms with Crippen molar-refractivity contribution in [3.05, 3.63) is 58.9 Å². The van der Waals surface area contributed by atoms with E-state index in [0.717, 1.165) is 22.3 Å². The maximum absolute atomic E-state index is 12.3. The third kappa shape index (κ3) is 1.54. The van der Waals surface area contributed by atoms with Crippen molar-refractivity contribution in [2.24, 2.45) is 7.05 Å². The molecule has 0 atom stereocenters. The van der Waals surface area contributed by atoms with Crippen LogP contribution in [0.5, 0.6) is 0 Å². The molecule has 0 saturated carbocycles. The molecule has 3 aromatic heterocycles. The van der Waals surface area contributed by atoms with Gasteiger partial charge in [-0.3, -0.25) is 14.3 Å². The van der Waals surface area contributed by atoms with Crippen molar-refractivity contribution in [1.82, 2.24) is 14.1 Å². The SMILES string of the molecule is Cc1ccc(-n2ccc3c(ccn3C)c2=O)cn1. The molecule has 0 saturated heterocycles. The van der Waals surface area contributed by atoms with Crippen LogP contribution in [0.3, 0.4) is 0 Å². The quantitative estimate of drug-likeness (QED) is 0.652. The summed E-state index contributed by atoms with van der Waals surface area (Å²) in [5.41, 5.74) is 2.65. The molecule has 4 heteroatoms.